The third-order valence-electron chi connectivity index (χ3n) is 5.90. The molecule has 10 heteroatoms. The fourth-order valence-corrected chi connectivity index (χ4v) is 6.20. The number of ether oxygens (including phenoxy) is 2. The molecule has 1 aliphatic heterocycles. The third kappa shape index (κ3) is 5.22. The second kappa shape index (κ2) is 11.1. The van der Waals surface area contributed by atoms with Gasteiger partial charge in [0.05, 0.1) is 22.4 Å². The van der Waals surface area contributed by atoms with Gasteiger partial charge in [-0.1, -0.05) is 41.1 Å². The summed E-state index contributed by atoms with van der Waals surface area (Å²) in [6.07, 6.45) is 1.71. The molecule has 0 spiro atoms. The van der Waals surface area contributed by atoms with Crippen molar-refractivity contribution in [2.24, 2.45) is 4.99 Å². The van der Waals surface area contributed by atoms with Crippen LogP contribution in [0.1, 0.15) is 35.9 Å². The normalized spacial score (nSPS) is 15.3. The average Bonchev–Trinajstić information content (AvgIpc) is 3.52. The van der Waals surface area contributed by atoms with Crippen molar-refractivity contribution in [3.8, 4) is 5.75 Å². The smallest absolute Gasteiger partial charge is 0.338 e. The quantitative estimate of drug-likeness (QED) is 0.286. The van der Waals surface area contributed by atoms with E-state index in [0.717, 1.165) is 10.4 Å². The highest BCUT2D eigenvalue weighted by molar-refractivity contribution is 7.10. The predicted octanol–water partition coefficient (Wildman–Crippen LogP) is 5.23. The number of thiazole rings is 1. The van der Waals surface area contributed by atoms with E-state index in [9.17, 15) is 14.0 Å². The fourth-order valence-electron chi connectivity index (χ4n) is 4.15. The van der Waals surface area contributed by atoms with Gasteiger partial charge in [0.15, 0.2) is 4.80 Å². The Morgan fingerprint density at radius 1 is 1.21 bits per heavy atom. The molecule has 0 N–H and O–H groups in total. The molecule has 0 radical (unpaired) electrons. The lowest BCUT2D eigenvalue weighted by molar-refractivity contribution is -0.139. The van der Waals surface area contributed by atoms with Crippen LogP contribution in [0.5, 0.6) is 5.75 Å². The zero-order valence-electron chi connectivity index (χ0n) is 20.4. The summed E-state index contributed by atoms with van der Waals surface area (Å²) in [5, 5.41) is 2.38. The summed E-state index contributed by atoms with van der Waals surface area (Å²) in [5.41, 5.74) is 1.98. The van der Waals surface area contributed by atoms with Crippen LogP contribution in [0.25, 0.3) is 6.08 Å². The molecule has 194 valence electrons. The Bertz CT molecular complexity index is 1710. The van der Waals surface area contributed by atoms with E-state index in [4.69, 9.17) is 21.1 Å². The van der Waals surface area contributed by atoms with Gasteiger partial charge in [-0.15, -0.1) is 11.3 Å². The summed E-state index contributed by atoms with van der Waals surface area (Å²) in [6.45, 7) is 3.92. The number of rotatable bonds is 7. The van der Waals surface area contributed by atoms with E-state index in [1.165, 1.54) is 34.8 Å². The molecule has 0 bridgehead atoms. The number of hydrogen-bond donors (Lipinski definition) is 0. The molecule has 4 aromatic rings. The van der Waals surface area contributed by atoms with Crippen LogP contribution in [0.3, 0.4) is 0 Å². The lowest BCUT2D eigenvalue weighted by Gasteiger charge is -2.23. The third-order valence-corrected chi connectivity index (χ3v) is 8.04. The standard InChI is InChI=1S/C28H22ClFN2O4S2/c1-3-35-27(34)24-16(2)31-28-32(25(24)22-5-4-12-37-22)26(33)23(38-28)14-18-13-19(29)8-11-21(18)36-15-17-6-9-20(30)10-7-17/h4-14,25H,3,15H2,1-2H3/b23-14-/t25-/m0/s1. The van der Waals surface area contributed by atoms with E-state index in [-0.39, 0.29) is 24.6 Å². The summed E-state index contributed by atoms with van der Waals surface area (Å²) in [6, 6.07) is 14.3. The van der Waals surface area contributed by atoms with E-state index < -0.39 is 12.0 Å². The van der Waals surface area contributed by atoms with Crippen LogP contribution in [0.4, 0.5) is 4.39 Å². The molecule has 5 rings (SSSR count). The molecule has 0 amide bonds. The Labute approximate surface area is 230 Å². The first-order valence-corrected chi connectivity index (χ1v) is 13.8. The molecular weight excluding hydrogens is 547 g/mol. The molecule has 1 aliphatic rings. The molecule has 2 aromatic carbocycles. The van der Waals surface area contributed by atoms with Gasteiger partial charge in [0.1, 0.15) is 24.2 Å². The van der Waals surface area contributed by atoms with Crippen LogP contribution in [-0.4, -0.2) is 17.1 Å². The van der Waals surface area contributed by atoms with Gasteiger partial charge in [0, 0.05) is 15.5 Å². The van der Waals surface area contributed by atoms with E-state index in [2.05, 4.69) is 4.99 Å². The molecular formula is C28H22ClFN2O4S2. The number of carbonyl (C=O) groups is 1. The molecule has 1 atom stereocenters. The minimum absolute atomic E-state index is 0.213. The number of thiophene rings is 1. The Morgan fingerprint density at radius 3 is 2.71 bits per heavy atom. The minimum atomic E-state index is -0.638. The zero-order valence-corrected chi connectivity index (χ0v) is 22.8. The van der Waals surface area contributed by atoms with Gasteiger partial charge in [-0.25, -0.2) is 14.2 Å². The summed E-state index contributed by atoms with van der Waals surface area (Å²) < 4.78 is 26.5. The lowest BCUT2D eigenvalue weighted by Crippen LogP contribution is -2.39. The highest BCUT2D eigenvalue weighted by Crippen LogP contribution is 2.33. The summed E-state index contributed by atoms with van der Waals surface area (Å²) >= 11 is 8.96. The first-order valence-electron chi connectivity index (χ1n) is 11.8. The van der Waals surface area contributed by atoms with Gasteiger partial charge in [-0.2, -0.15) is 0 Å². The zero-order chi connectivity index (χ0) is 26.8. The minimum Gasteiger partial charge on any atom is -0.488 e. The second-order valence-corrected chi connectivity index (χ2v) is 10.8. The van der Waals surface area contributed by atoms with Crippen molar-refractivity contribution in [1.29, 1.82) is 0 Å². The van der Waals surface area contributed by atoms with Crippen molar-refractivity contribution < 1.29 is 18.7 Å². The maximum atomic E-state index is 13.8. The van der Waals surface area contributed by atoms with Crippen LogP contribution in [0, 0.1) is 5.82 Å². The van der Waals surface area contributed by atoms with Crippen LogP contribution in [0.2, 0.25) is 5.02 Å². The second-order valence-electron chi connectivity index (χ2n) is 8.41. The molecule has 0 saturated heterocycles. The van der Waals surface area contributed by atoms with E-state index in [0.29, 0.717) is 36.9 Å². The molecule has 0 saturated carbocycles. The molecule has 3 heterocycles. The molecule has 2 aromatic heterocycles. The van der Waals surface area contributed by atoms with Crippen molar-refractivity contribution in [3.63, 3.8) is 0 Å². The van der Waals surface area contributed by atoms with Crippen molar-refractivity contribution in [2.45, 2.75) is 26.5 Å². The largest absolute Gasteiger partial charge is 0.488 e. The van der Waals surface area contributed by atoms with Gasteiger partial charge in [0.2, 0.25) is 0 Å². The predicted molar refractivity (Wildman–Crippen MR) is 147 cm³/mol. The van der Waals surface area contributed by atoms with Crippen LogP contribution >= 0.6 is 34.3 Å². The van der Waals surface area contributed by atoms with Crippen molar-refractivity contribution in [3.05, 3.63) is 118 Å². The van der Waals surface area contributed by atoms with E-state index in [1.54, 1.807) is 54.8 Å². The lowest BCUT2D eigenvalue weighted by atomic mass is 10.0. The topological polar surface area (TPSA) is 69.9 Å². The van der Waals surface area contributed by atoms with Gasteiger partial charge in [0.25, 0.3) is 5.56 Å². The summed E-state index contributed by atoms with van der Waals surface area (Å²) in [4.78, 5) is 32.6. The first-order chi connectivity index (χ1) is 18.4. The summed E-state index contributed by atoms with van der Waals surface area (Å²) in [5.74, 6) is -0.297. The number of allylic oxidation sites excluding steroid dienone is 1. The Balaban J connectivity index is 1.59. The molecule has 6 nitrogen and oxygen atoms in total. The number of aromatic nitrogens is 1. The number of carbonyl (C=O) groups excluding carboxylic acids is 1. The Morgan fingerprint density at radius 2 is 2.00 bits per heavy atom. The number of esters is 1. The molecule has 0 unspecified atom stereocenters. The number of halogens is 2. The maximum absolute atomic E-state index is 13.8. The Hall–Kier alpha value is -3.53. The maximum Gasteiger partial charge on any atom is 0.338 e. The van der Waals surface area contributed by atoms with Crippen molar-refractivity contribution in [2.75, 3.05) is 6.61 Å². The number of benzene rings is 2. The van der Waals surface area contributed by atoms with E-state index in [1.807, 2.05) is 17.5 Å². The number of nitrogens with zero attached hydrogens (tertiary/aromatic N) is 2. The highest BCUT2D eigenvalue weighted by Gasteiger charge is 2.33. The van der Waals surface area contributed by atoms with E-state index >= 15 is 0 Å². The SMILES string of the molecule is CCOC(=O)C1=C(C)N=c2s/c(=C\c3cc(Cl)ccc3OCc3ccc(F)cc3)c(=O)n2[C@H]1c1cccs1. The fraction of sp³-hybridized carbons (Fsp3) is 0.179. The molecule has 0 aliphatic carbocycles. The first kappa shape index (κ1) is 26.1. The van der Waals surface area contributed by atoms with Gasteiger partial charge >= 0.3 is 5.97 Å². The number of hydrogen-bond acceptors (Lipinski definition) is 7. The van der Waals surface area contributed by atoms with Gasteiger partial charge in [-0.05, 0) is 67.3 Å². The van der Waals surface area contributed by atoms with Crippen LogP contribution in [-0.2, 0) is 16.1 Å². The van der Waals surface area contributed by atoms with Gasteiger partial charge in [-0.3, -0.25) is 9.36 Å². The monoisotopic (exact) mass is 568 g/mol. The molecule has 38 heavy (non-hydrogen) atoms. The number of fused-ring (bicyclic) bond motifs is 1. The molecule has 0 fully saturated rings. The van der Waals surface area contributed by atoms with Crippen LogP contribution in [0.15, 0.2) is 81.0 Å². The van der Waals surface area contributed by atoms with Gasteiger partial charge < -0.3 is 9.47 Å². The highest BCUT2D eigenvalue weighted by atomic mass is 35.5. The summed E-state index contributed by atoms with van der Waals surface area (Å²) in [7, 11) is 0. The van der Waals surface area contributed by atoms with Crippen LogP contribution < -0.4 is 19.6 Å². The van der Waals surface area contributed by atoms with Crippen molar-refractivity contribution in [1.82, 2.24) is 4.57 Å². The average molecular weight is 569 g/mol. The Kier molecular flexibility index (Phi) is 7.60. The van der Waals surface area contributed by atoms with Crippen molar-refractivity contribution >= 4 is 46.3 Å².